The third-order valence-electron chi connectivity index (χ3n) is 4.31. The van der Waals surface area contributed by atoms with Crippen LogP contribution < -0.4 is 10.6 Å². The van der Waals surface area contributed by atoms with Crippen LogP contribution in [-0.2, 0) is 14.3 Å². The second-order valence-corrected chi connectivity index (χ2v) is 10.4. The summed E-state index contributed by atoms with van der Waals surface area (Å²) in [7, 11) is 0. The van der Waals surface area contributed by atoms with Crippen molar-refractivity contribution >= 4 is 30.5 Å². The summed E-state index contributed by atoms with van der Waals surface area (Å²) in [6, 6.07) is 5.40. The van der Waals surface area contributed by atoms with E-state index in [4.69, 9.17) is 4.74 Å². The van der Waals surface area contributed by atoms with Crippen LogP contribution >= 0.6 is 12.6 Å². The first-order chi connectivity index (χ1) is 15.1. The van der Waals surface area contributed by atoms with Gasteiger partial charge in [-0.1, -0.05) is 29.3 Å². The number of nitrogens with zero attached hydrogens (tertiary/aromatic N) is 2. The summed E-state index contributed by atoms with van der Waals surface area (Å²) in [6.45, 7) is 14.1. The molecule has 3 amide bonds. The van der Waals surface area contributed by atoms with Crippen molar-refractivity contribution in [2.75, 3.05) is 12.3 Å². The molecule has 8 nitrogen and oxygen atoms in total. The minimum absolute atomic E-state index is 0.0412. The van der Waals surface area contributed by atoms with Gasteiger partial charge in [0.15, 0.2) is 0 Å². The molecule has 2 N–H and O–H groups in total. The average Bonchev–Trinajstić information content (AvgIpc) is 2.61. The molecular formula is C24H36N4O4S. The zero-order valence-electron chi connectivity index (χ0n) is 20.8. The fourth-order valence-electron chi connectivity index (χ4n) is 3.29. The van der Waals surface area contributed by atoms with Crippen molar-refractivity contribution in [3.63, 3.8) is 0 Å². The Morgan fingerprint density at radius 3 is 2.06 bits per heavy atom. The Bertz CT molecular complexity index is 892. The largest absolute Gasteiger partial charge is 0.444 e. The van der Waals surface area contributed by atoms with Crippen molar-refractivity contribution in [1.82, 2.24) is 15.5 Å². The van der Waals surface area contributed by atoms with Gasteiger partial charge >= 0.3 is 6.09 Å². The van der Waals surface area contributed by atoms with Crippen molar-refractivity contribution in [2.24, 2.45) is 0 Å². The molecule has 33 heavy (non-hydrogen) atoms. The second-order valence-electron chi connectivity index (χ2n) is 10.1. The third-order valence-corrected chi connectivity index (χ3v) is 4.68. The van der Waals surface area contributed by atoms with Gasteiger partial charge in [0, 0.05) is 11.3 Å². The van der Waals surface area contributed by atoms with Crippen LogP contribution in [0.15, 0.2) is 18.2 Å². The number of aryl methyl sites for hydroxylation is 2. The highest BCUT2D eigenvalue weighted by molar-refractivity contribution is 7.80. The first-order valence-corrected chi connectivity index (χ1v) is 11.4. The van der Waals surface area contributed by atoms with Gasteiger partial charge < -0.3 is 20.3 Å². The fraction of sp³-hybridized carbons (Fsp3) is 0.583. The van der Waals surface area contributed by atoms with Crippen LogP contribution in [0.3, 0.4) is 0 Å². The third kappa shape index (κ3) is 9.34. The van der Waals surface area contributed by atoms with Gasteiger partial charge in [0.1, 0.15) is 24.2 Å². The lowest BCUT2D eigenvalue weighted by atomic mass is 9.97. The average molecular weight is 477 g/mol. The highest BCUT2D eigenvalue weighted by Crippen LogP contribution is 2.25. The van der Waals surface area contributed by atoms with E-state index in [1.54, 1.807) is 20.8 Å². The van der Waals surface area contributed by atoms with Crippen LogP contribution in [0.25, 0.3) is 0 Å². The molecule has 0 saturated carbocycles. The monoisotopic (exact) mass is 476 g/mol. The maximum Gasteiger partial charge on any atom is 0.408 e. The number of amides is 3. The summed E-state index contributed by atoms with van der Waals surface area (Å²) in [5, 5.41) is 14.9. The maximum absolute atomic E-state index is 13.5. The zero-order valence-corrected chi connectivity index (χ0v) is 21.7. The summed E-state index contributed by atoms with van der Waals surface area (Å²) in [4.78, 5) is 40.3. The molecule has 0 radical (unpaired) electrons. The molecule has 0 aliphatic heterocycles. The number of carbonyl (C=O) groups excluding carboxylic acids is 3. The van der Waals surface area contributed by atoms with E-state index in [-0.39, 0.29) is 12.3 Å². The fourth-order valence-corrected chi connectivity index (χ4v) is 3.53. The number of carbonyl (C=O) groups is 3. The van der Waals surface area contributed by atoms with Gasteiger partial charge in [-0.15, -0.1) is 0 Å². The SMILES string of the molecule is Cc1cc(C)cc(C(C(=O)NC(C)(C)C)N(CC#N)C(=O)C(CS)NC(=O)OC(C)(C)C)c1. The van der Waals surface area contributed by atoms with Gasteiger partial charge in [0.2, 0.25) is 11.8 Å². The molecule has 9 heteroatoms. The van der Waals surface area contributed by atoms with Gasteiger partial charge in [-0.3, -0.25) is 9.59 Å². The van der Waals surface area contributed by atoms with Crippen LogP contribution in [0.4, 0.5) is 4.79 Å². The quantitative estimate of drug-likeness (QED) is 0.412. The Morgan fingerprint density at radius 1 is 1.09 bits per heavy atom. The highest BCUT2D eigenvalue weighted by Gasteiger charge is 2.37. The number of alkyl carbamates (subject to hydrolysis) is 1. The van der Waals surface area contributed by atoms with Crippen LogP contribution in [0.2, 0.25) is 0 Å². The van der Waals surface area contributed by atoms with Crippen LogP contribution in [0.5, 0.6) is 0 Å². The molecule has 1 rings (SSSR count). The molecule has 0 saturated heterocycles. The summed E-state index contributed by atoms with van der Waals surface area (Å²) in [5.74, 6) is -1.07. The van der Waals surface area contributed by atoms with E-state index in [0.717, 1.165) is 11.1 Å². The van der Waals surface area contributed by atoms with E-state index < -0.39 is 41.1 Å². The first-order valence-electron chi connectivity index (χ1n) is 10.8. The summed E-state index contributed by atoms with van der Waals surface area (Å²) in [5.41, 5.74) is 1.09. The molecule has 2 atom stereocenters. The molecule has 0 aromatic heterocycles. The lowest BCUT2D eigenvalue weighted by Gasteiger charge is -2.34. The Balaban J connectivity index is 3.44. The number of nitriles is 1. The maximum atomic E-state index is 13.5. The Kier molecular flexibility index (Phi) is 9.79. The van der Waals surface area contributed by atoms with Crippen LogP contribution in [0.1, 0.15) is 64.3 Å². The molecular weight excluding hydrogens is 440 g/mol. The molecule has 0 aliphatic carbocycles. The van der Waals surface area contributed by atoms with Crippen LogP contribution in [0, 0.1) is 25.2 Å². The minimum Gasteiger partial charge on any atom is -0.444 e. The Labute approximate surface area is 202 Å². The van der Waals surface area contributed by atoms with E-state index in [2.05, 4.69) is 23.3 Å². The van der Waals surface area contributed by atoms with Gasteiger partial charge in [-0.05, 0) is 61.0 Å². The van der Waals surface area contributed by atoms with Crippen molar-refractivity contribution in [3.05, 3.63) is 34.9 Å². The molecule has 1 aromatic rings. The minimum atomic E-state index is -1.09. The van der Waals surface area contributed by atoms with Crippen molar-refractivity contribution in [3.8, 4) is 6.07 Å². The van der Waals surface area contributed by atoms with Crippen molar-refractivity contribution in [1.29, 1.82) is 5.26 Å². The molecule has 0 spiro atoms. The topological polar surface area (TPSA) is 112 Å². The first kappa shape index (κ1) is 28.3. The number of nitrogens with one attached hydrogen (secondary N) is 2. The number of hydrogen-bond donors (Lipinski definition) is 3. The Hall–Kier alpha value is -2.73. The van der Waals surface area contributed by atoms with E-state index >= 15 is 0 Å². The smallest absolute Gasteiger partial charge is 0.408 e. The number of rotatable bonds is 7. The van der Waals surface area contributed by atoms with E-state index in [0.29, 0.717) is 5.56 Å². The van der Waals surface area contributed by atoms with E-state index in [9.17, 15) is 19.6 Å². The van der Waals surface area contributed by atoms with Crippen LogP contribution in [-0.4, -0.2) is 52.3 Å². The zero-order chi connectivity index (χ0) is 25.6. The molecule has 2 unspecified atom stereocenters. The van der Waals surface area contributed by atoms with Crippen molar-refractivity contribution < 1.29 is 19.1 Å². The Morgan fingerprint density at radius 2 is 1.64 bits per heavy atom. The lowest BCUT2D eigenvalue weighted by Crippen LogP contribution is -2.55. The summed E-state index contributed by atoms with van der Waals surface area (Å²) >= 11 is 4.21. The summed E-state index contributed by atoms with van der Waals surface area (Å²) < 4.78 is 5.25. The van der Waals surface area contributed by atoms with Gasteiger partial charge in [-0.25, -0.2) is 4.79 Å². The second kappa shape index (κ2) is 11.4. The standard InChI is InChI=1S/C24H36N4O4S/c1-15-11-16(2)13-17(12-15)19(20(29)27-23(3,4)5)28(10-9-25)21(30)18(14-33)26-22(31)32-24(6,7)8/h11-13,18-19,33H,10,14H2,1-8H3,(H,26,31)(H,27,29). The van der Waals surface area contributed by atoms with Gasteiger partial charge in [0.25, 0.3) is 0 Å². The molecule has 1 aromatic carbocycles. The van der Waals surface area contributed by atoms with Gasteiger partial charge in [-0.2, -0.15) is 17.9 Å². The normalized spacial score (nSPS) is 13.3. The molecule has 0 fully saturated rings. The predicted molar refractivity (Wildman–Crippen MR) is 131 cm³/mol. The number of hydrogen-bond acceptors (Lipinski definition) is 6. The summed E-state index contributed by atoms with van der Waals surface area (Å²) in [6.07, 6.45) is -0.783. The number of thiol groups is 1. The van der Waals surface area contributed by atoms with E-state index in [1.807, 2.05) is 58.9 Å². The molecule has 0 bridgehead atoms. The number of ether oxygens (including phenoxy) is 1. The molecule has 0 heterocycles. The highest BCUT2D eigenvalue weighted by atomic mass is 32.1. The predicted octanol–water partition coefficient (Wildman–Crippen LogP) is 3.43. The van der Waals surface area contributed by atoms with Gasteiger partial charge in [0.05, 0.1) is 6.07 Å². The lowest BCUT2D eigenvalue weighted by molar-refractivity contribution is -0.141. The molecule has 182 valence electrons. The van der Waals surface area contributed by atoms with Crippen molar-refractivity contribution in [2.45, 2.75) is 78.6 Å². The van der Waals surface area contributed by atoms with E-state index in [1.165, 1.54) is 4.90 Å². The number of benzene rings is 1. The molecule has 0 aliphatic rings.